The molecule has 0 radical (unpaired) electrons. The zero-order valence-corrected chi connectivity index (χ0v) is 26.5. The summed E-state index contributed by atoms with van der Waals surface area (Å²) in [4.78, 5) is 47.8. The second kappa shape index (κ2) is 14.3. The number of para-hydroxylation sites is 1. The van der Waals surface area contributed by atoms with Gasteiger partial charge in [-0.25, -0.2) is 4.98 Å². The molecule has 0 atom stereocenters. The number of benzene rings is 4. The molecule has 6 rings (SSSR count). The van der Waals surface area contributed by atoms with E-state index in [1.807, 2.05) is 60.0 Å². The summed E-state index contributed by atoms with van der Waals surface area (Å²) in [6.45, 7) is 0. The van der Waals surface area contributed by atoms with Crippen LogP contribution in [0.15, 0.2) is 125 Å². The number of rotatable bonds is 10. The predicted octanol–water partition coefficient (Wildman–Crippen LogP) is 8.09. The van der Waals surface area contributed by atoms with Gasteiger partial charge in [0.25, 0.3) is 11.8 Å². The van der Waals surface area contributed by atoms with Gasteiger partial charge in [0.15, 0.2) is 5.13 Å². The highest BCUT2D eigenvalue weighted by Gasteiger charge is 2.17. The Balaban J connectivity index is 1.13. The minimum atomic E-state index is -0.493. The molecule has 8 nitrogen and oxygen atoms in total. The maximum atomic E-state index is 13.6. The van der Waals surface area contributed by atoms with E-state index in [0.29, 0.717) is 27.1 Å². The predicted molar refractivity (Wildman–Crippen MR) is 187 cm³/mol. The van der Waals surface area contributed by atoms with Crippen LogP contribution in [0.2, 0.25) is 5.02 Å². The molecule has 0 aliphatic rings. The average Bonchev–Trinajstić information content (AvgIpc) is 3.71. The van der Waals surface area contributed by atoms with Gasteiger partial charge in [0.2, 0.25) is 5.91 Å². The van der Waals surface area contributed by atoms with Crippen molar-refractivity contribution in [3.05, 3.63) is 137 Å². The van der Waals surface area contributed by atoms with Crippen molar-refractivity contribution in [3.8, 4) is 11.3 Å². The number of thiazole rings is 1. The van der Waals surface area contributed by atoms with Gasteiger partial charge in [0, 0.05) is 54.8 Å². The van der Waals surface area contributed by atoms with E-state index in [0.717, 1.165) is 26.9 Å². The van der Waals surface area contributed by atoms with Crippen molar-refractivity contribution in [2.45, 2.75) is 4.90 Å². The first-order chi connectivity index (χ1) is 22.4. The molecule has 2 heterocycles. The number of carbonyl (C=O) groups is 3. The Bertz CT molecular complexity index is 2070. The lowest BCUT2D eigenvalue weighted by molar-refractivity contribution is -0.114. The van der Waals surface area contributed by atoms with Gasteiger partial charge in [-0.1, -0.05) is 72.3 Å². The number of thioether (sulfide) groups is 1. The number of nitrogens with zero attached hydrogens (tertiary/aromatic N) is 1. The molecular formula is C35H26ClN5O3S2. The number of halogens is 1. The van der Waals surface area contributed by atoms with Crippen LogP contribution in [0.25, 0.3) is 28.2 Å². The van der Waals surface area contributed by atoms with Crippen LogP contribution >= 0.6 is 34.7 Å². The van der Waals surface area contributed by atoms with E-state index in [-0.39, 0.29) is 17.4 Å². The summed E-state index contributed by atoms with van der Waals surface area (Å²) in [5.74, 6) is -0.979. The standard InChI is InChI=1S/C35H26ClN5O3S2/c36-28-15-6-4-14-27(28)31-20-46-35(40-31)41-32(42)21-45-25-12-8-11-24(18-25)38-34(44)30(39-33(43)22-9-2-1-3-10-22)17-23-19-37-29-16-7-5-13-26(23)29/h1-20,37H,21H2,(H,38,44)(H,39,43)(H,40,41,42)/b30-17-. The number of aromatic amines is 1. The molecule has 0 saturated carbocycles. The van der Waals surface area contributed by atoms with E-state index < -0.39 is 11.8 Å². The van der Waals surface area contributed by atoms with Gasteiger partial charge in [-0.15, -0.1) is 23.1 Å². The zero-order chi connectivity index (χ0) is 31.9. The number of H-pyrrole nitrogens is 1. The second-order valence-electron chi connectivity index (χ2n) is 10.0. The number of carbonyl (C=O) groups excluding carboxylic acids is 3. The fourth-order valence-corrected chi connectivity index (χ4v) is 6.32. The fraction of sp³-hybridized carbons (Fsp3) is 0.0286. The first-order valence-electron chi connectivity index (χ1n) is 14.1. The van der Waals surface area contributed by atoms with Crippen molar-refractivity contribution < 1.29 is 14.4 Å². The Morgan fingerprint density at radius 2 is 1.67 bits per heavy atom. The van der Waals surface area contributed by atoms with Crippen LogP contribution in [-0.4, -0.2) is 33.4 Å². The first-order valence-corrected chi connectivity index (χ1v) is 16.4. The Hall–Kier alpha value is -5.16. The molecule has 46 heavy (non-hydrogen) atoms. The average molecular weight is 664 g/mol. The lowest BCUT2D eigenvalue weighted by Gasteiger charge is -2.12. The number of hydrogen-bond donors (Lipinski definition) is 4. The van der Waals surface area contributed by atoms with Gasteiger partial charge in [-0.3, -0.25) is 14.4 Å². The summed E-state index contributed by atoms with van der Waals surface area (Å²) in [7, 11) is 0. The van der Waals surface area contributed by atoms with Crippen LogP contribution in [0.5, 0.6) is 0 Å². The highest BCUT2D eigenvalue weighted by Crippen LogP contribution is 2.30. The van der Waals surface area contributed by atoms with E-state index in [9.17, 15) is 14.4 Å². The Kier molecular flexibility index (Phi) is 9.59. The topological polar surface area (TPSA) is 116 Å². The summed E-state index contributed by atoms with van der Waals surface area (Å²) in [5, 5.41) is 12.3. The zero-order valence-electron chi connectivity index (χ0n) is 24.1. The summed E-state index contributed by atoms with van der Waals surface area (Å²) in [6.07, 6.45) is 3.44. The minimum absolute atomic E-state index is 0.0793. The molecular weight excluding hydrogens is 638 g/mol. The molecule has 3 amide bonds. The molecule has 0 bridgehead atoms. The quantitative estimate of drug-likeness (QED) is 0.0874. The summed E-state index contributed by atoms with van der Waals surface area (Å²) in [5.41, 5.74) is 4.17. The SMILES string of the molecule is O=C(CSc1cccc(NC(=O)/C(=C/c2c[nH]c3ccccc23)NC(=O)c2ccccc2)c1)Nc1nc(-c2ccccc2Cl)cs1. The van der Waals surface area contributed by atoms with E-state index in [4.69, 9.17) is 11.6 Å². The van der Waals surface area contributed by atoms with Crippen LogP contribution in [0.3, 0.4) is 0 Å². The van der Waals surface area contributed by atoms with Crippen LogP contribution < -0.4 is 16.0 Å². The third-order valence-corrected chi connectivity index (χ3v) is 8.89. The van der Waals surface area contributed by atoms with Gasteiger partial charge < -0.3 is 20.9 Å². The highest BCUT2D eigenvalue weighted by molar-refractivity contribution is 8.00. The maximum Gasteiger partial charge on any atom is 0.272 e. The molecule has 2 aromatic heterocycles. The van der Waals surface area contributed by atoms with Gasteiger partial charge in [0.1, 0.15) is 5.70 Å². The summed E-state index contributed by atoms with van der Waals surface area (Å²) >= 11 is 8.92. The Labute approximate surface area is 277 Å². The molecule has 4 aromatic carbocycles. The molecule has 6 aromatic rings. The number of aromatic nitrogens is 2. The van der Waals surface area contributed by atoms with Crippen molar-refractivity contribution in [1.82, 2.24) is 15.3 Å². The molecule has 0 unspecified atom stereocenters. The second-order valence-corrected chi connectivity index (χ2v) is 12.3. The summed E-state index contributed by atoms with van der Waals surface area (Å²) in [6, 6.07) is 31.0. The lowest BCUT2D eigenvalue weighted by atomic mass is 10.1. The van der Waals surface area contributed by atoms with Gasteiger partial charge in [-0.05, 0) is 48.5 Å². The number of anilines is 2. The molecule has 0 spiro atoms. The third-order valence-electron chi connectivity index (χ3n) is 6.81. The van der Waals surface area contributed by atoms with Crippen LogP contribution in [0.1, 0.15) is 15.9 Å². The van der Waals surface area contributed by atoms with Crippen LogP contribution in [-0.2, 0) is 9.59 Å². The van der Waals surface area contributed by atoms with Gasteiger partial charge in [-0.2, -0.15) is 0 Å². The molecule has 4 N–H and O–H groups in total. The van der Waals surface area contributed by atoms with E-state index >= 15 is 0 Å². The number of hydrogen-bond acceptors (Lipinski definition) is 6. The number of nitrogens with one attached hydrogen (secondary N) is 4. The molecule has 0 fully saturated rings. The third kappa shape index (κ3) is 7.55. The molecule has 228 valence electrons. The molecule has 0 saturated heterocycles. The van der Waals surface area contributed by atoms with Crippen LogP contribution in [0, 0.1) is 0 Å². The van der Waals surface area contributed by atoms with Gasteiger partial charge in [0.05, 0.1) is 11.4 Å². The summed E-state index contributed by atoms with van der Waals surface area (Å²) < 4.78 is 0. The van der Waals surface area contributed by atoms with Crippen molar-refractivity contribution in [2.24, 2.45) is 0 Å². The van der Waals surface area contributed by atoms with Crippen molar-refractivity contribution in [2.75, 3.05) is 16.4 Å². The largest absolute Gasteiger partial charge is 0.361 e. The van der Waals surface area contributed by atoms with E-state index in [1.165, 1.54) is 23.1 Å². The first kappa shape index (κ1) is 30.8. The van der Waals surface area contributed by atoms with Gasteiger partial charge >= 0.3 is 0 Å². The molecule has 0 aliphatic heterocycles. The number of fused-ring (bicyclic) bond motifs is 1. The smallest absolute Gasteiger partial charge is 0.272 e. The molecule has 11 heteroatoms. The van der Waals surface area contributed by atoms with Crippen molar-refractivity contribution >= 4 is 80.2 Å². The minimum Gasteiger partial charge on any atom is -0.361 e. The maximum absolute atomic E-state index is 13.6. The fourth-order valence-electron chi connectivity index (χ4n) is 4.60. The normalized spacial score (nSPS) is 11.3. The van der Waals surface area contributed by atoms with Crippen molar-refractivity contribution in [1.29, 1.82) is 0 Å². The Morgan fingerprint density at radius 3 is 2.52 bits per heavy atom. The highest BCUT2D eigenvalue weighted by atomic mass is 35.5. The number of amides is 3. The molecule has 0 aliphatic carbocycles. The van der Waals surface area contributed by atoms with Crippen LogP contribution in [0.4, 0.5) is 10.8 Å². The Morgan fingerprint density at radius 1 is 0.891 bits per heavy atom. The lowest BCUT2D eigenvalue weighted by Crippen LogP contribution is -2.30. The monoisotopic (exact) mass is 663 g/mol. The van der Waals surface area contributed by atoms with E-state index in [1.54, 1.807) is 60.8 Å². The van der Waals surface area contributed by atoms with E-state index in [2.05, 4.69) is 25.9 Å². The van der Waals surface area contributed by atoms with Crippen molar-refractivity contribution in [3.63, 3.8) is 0 Å².